The summed E-state index contributed by atoms with van der Waals surface area (Å²) in [7, 11) is 1.39. The Kier molecular flexibility index (Phi) is 7.45. The maximum absolute atomic E-state index is 9.59. The van der Waals surface area contributed by atoms with Crippen LogP contribution in [0.1, 0.15) is 11.3 Å². The van der Waals surface area contributed by atoms with Crippen molar-refractivity contribution in [2.45, 2.75) is 0 Å². The number of nitrogens with zero attached hydrogens (tertiary/aromatic N) is 1. The van der Waals surface area contributed by atoms with Crippen LogP contribution >= 0.6 is 11.3 Å². The zero-order valence-corrected chi connectivity index (χ0v) is 11.8. The molecule has 0 bridgehead atoms. The molecule has 0 fully saturated rings. The number of carboxylic acid groups (broad SMARTS) is 1. The minimum Gasteiger partial charge on any atom is -0.504 e. The summed E-state index contributed by atoms with van der Waals surface area (Å²) in [4.78, 5) is 13.8. The van der Waals surface area contributed by atoms with E-state index in [1.165, 1.54) is 12.7 Å². The molecule has 104 valence electrons. The Balaban J connectivity index is 0.000000246. The predicted octanol–water partition coefficient (Wildman–Crippen LogP) is 3.54. The second kappa shape index (κ2) is 9.52. The average molecular weight is 289 g/mol. The van der Waals surface area contributed by atoms with Gasteiger partial charge in [0.25, 0.3) is 0 Å². The third-order valence-corrected chi connectivity index (χ3v) is 2.65. The molecule has 0 spiro atoms. The molecular weight excluding hydrogens is 274 g/mol. The van der Waals surface area contributed by atoms with E-state index in [0.717, 1.165) is 18.0 Å². The molecule has 0 radical (unpaired) electrons. The Morgan fingerprint density at radius 3 is 2.55 bits per heavy atom. The summed E-state index contributed by atoms with van der Waals surface area (Å²) in [5.74, 6) is -0.998. The molecule has 1 heterocycles. The molecule has 0 saturated heterocycles. The van der Waals surface area contributed by atoms with Gasteiger partial charge < -0.3 is 9.84 Å². The minimum absolute atomic E-state index is 0.917. The molecular formula is C15H15NO3S. The van der Waals surface area contributed by atoms with Gasteiger partial charge in [0, 0.05) is 5.38 Å². The van der Waals surface area contributed by atoms with E-state index in [4.69, 9.17) is 5.11 Å². The van der Waals surface area contributed by atoms with Crippen molar-refractivity contribution in [1.29, 1.82) is 0 Å². The summed E-state index contributed by atoms with van der Waals surface area (Å²) in [6.45, 7) is 0. The van der Waals surface area contributed by atoms with Crippen molar-refractivity contribution in [1.82, 2.24) is 4.98 Å². The van der Waals surface area contributed by atoms with Crippen molar-refractivity contribution in [3.8, 4) is 0 Å². The van der Waals surface area contributed by atoms with E-state index in [1.807, 2.05) is 35.2 Å². The molecule has 2 rings (SSSR count). The minimum atomic E-state index is -0.998. The Bertz CT molecular complexity index is 548. The van der Waals surface area contributed by atoms with Crippen LogP contribution in [0.3, 0.4) is 0 Å². The number of aliphatic carboxylic acids is 1. The number of methoxy groups -OCH3 is 1. The van der Waals surface area contributed by atoms with Gasteiger partial charge in [-0.1, -0.05) is 36.4 Å². The lowest BCUT2D eigenvalue weighted by Crippen LogP contribution is -1.85. The van der Waals surface area contributed by atoms with Gasteiger partial charge in [-0.3, -0.25) is 0 Å². The van der Waals surface area contributed by atoms with Gasteiger partial charge in [-0.05, 0) is 11.6 Å². The van der Waals surface area contributed by atoms with Crippen molar-refractivity contribution in [2.75, 3.05) is 7.11 Å². The fourth-order valence-corrected chi connectivity index (χ4v) is 1.70. The number of carboxylic acids is 1. The molecule has 2 aromatic rings. The summed E-state index contributed by atoms with van der Waals surface area (Å²) >= 11 is 1.61. The molecule has 0 atom stereocenters. The van der Waals surface area contributed by atoms with E-state index >= 15 is 0 Å². The zero-order chi connectivity index (χ0) is 14.6. The highest BCUT2D eigenvalue weighted by Gasteiger charge is 1.87. The first kappa shape index (κ1) is 15.7. The number of aromatic nitrogens is 1. The van der Waals surface area contributed by atoms with Gasteiger partial charge in [0.05, 0.1) is 30.7 Å². The summed E-state index contributed by atoms with van der Waals surface area (Å²) in [6.07, 6.45) is 6.10. The first-order valence-corrected chi connectivity index (χ1v) is 6.70. The number of benzene rings is 1. The number of hydrogen-bond acceptors (Lipinski definition) is 4. The predicted molar refractivity (Wildman–Crippen MR) is 81.3 cm³/mol. The largest absolute Gasteiger partial charge is 0.504 e. The van der Waals surface area contributed by atoms with Gasteiger partial charge in [0.15, 0.2) is 0 Å². The van der Waals surface area contributed by atoms with Crippen LogP contribution in [-0.4, -0.2) is 23.2 Å². The Hall–Kier alpha value is -2.40. The maximum Gasteiger partial charge on any atom is 0.331 e. The molecule has 1 N–H and O–H groups in total. The van der Waals surface area contributed by atoms with Crippen LogP contribution < -0.4 is 0 Å². The standard InChI is InChI=1S/C11H9NS.C4H6O3/c1-2-4-10(5-3-1)6-7-11-8-13-9-12-11;1-7-3-2-4(5)6/h1-9H;2-3H,1H3,(H,5,6). The fourth-order valence-electron chi connectivity index (χ4n) is 1.18. The molecule has 1 aromatic carbocycles. The molecule has 0 aliphatic rings. The molecule has 0 amide bonds. The molecule has 4 nitrogen and oxygen atoms in total. The molecule has 20 heavy (non-hydrogen) atoms. The zero-order valence-electron chi connectivity index (χ0n) is 11.0. The molecule has 5 heteroatoms. The van der Waals surface area contributed by atoms with Gasteiger partial charge in [0.2, 0.25) is 0 Å². The van der Waals surface area contributed by atoms with Crippen LogP contribution in [0, 0.1) is 0 Å². The Morgan fingerprint density at radius 1 is 1.30 bits per heavy atom. The topological polar surface area (TPSA) is 59.4 Å². The first-order valence-electron chi connectivity index (χ1n) is 5.76. The molecule has 0 aliphatic carbocycles. The van der Waals surface area contributed by atoms with Crippen LogP contribution in [0.2, 0.25) is 0 Å². The van der Waals surface area contributed by atoms with Crippen molar-refractivity contribution in [3.05, 3.63) is 64.8 Å². The van der Waals surface area contributed by atoms with Crippen molar-refractivity contribution in [2.24, 2.45) is 0 Å². The van der Waals surface area contributed by atoms with Crippen LogP contribution in [-0.2, 0) is 9.53 Å². The lowest BCUT2D eigenvalue weighted by Gasteiger charge is -1.89. The van der Waals surface area contributed by atoms with E-state index in [0.29, 0.717) is 0 Å². The lowest BCUT2D eigenvalue weighted by atomic mass is 10.2. The molecule has 0 saturated carbocycles. The summed E-state index contributed by atoms with van der Waals surface area (Å²) in [6, 6.07) is 10.2. The second-order valence-corrected chi connectivity index (χ2v) is 4.25. The molecule has 1 aromatic heterocycles. The smallest absolute Gasteiger partial charge is 0.331 e. The highest BCUT2D eigenvalue weighted by molar-refractivity contribution is 7.07. The van der Waals surface area contributed by atoms with E-state index in [9.17, 15) is 4.79 Å². The number of ether oxygens (including phenoxy) is 1. The summed E-state index contributed by atoms with van der Waals surface area (Å²) < 4.78 is 4.29. The third-order valence-electron chi connectivity index (χ3n) is 2.04. The third kappa shape index (κ3) is 7.13. The number of carbonyl (C=O) groups is 1. The van der Waals surface area contributed by atoms with Crippen molar-refractivity contribution >= 4 is 29.5 Å². The van der Waals surface area contributed by atoms with E-state index < -0.39 is 5.97 Å². The molecule has 0 aliphatic heterocycles. The van der Waals surface area contributed by atoms with Gasteiger partial charge in [-0.15, -0.1) is 11.3 Å². The van der Waals surface area contributed by atoms with Crippen molar-refractivity contribution in [3.63, 3.8) is 0 Å². The van der Waals surface area contributed by atoms with Gasteiger partial charge in [-0.2, -0.15) is 0 Å². The number of hydrogen-bond donors (Lipinski definition) is 1. The number of rotatable bonds is 4. The second-order valence-electron chi connectivity index (χ2n) is 3.53. The quantitative estimate of drug-likeness (QED) is 0.691. The van der Waals surface area contributed by atoms with Crippen LogP contribution in [0.15, 0.2) is 53.6 Å². The van der Waals surface area contributed by atoms with Crippen LogP contribution in [0.25, 0.3) is 12.2 Å². The normalized spacial score (nSPS) is 10.2. The van der Waals surface area contributed by atoms with E-state index in [2.05, 4.69) is 27.9 Å². The fraction of sp³-hybridized carbons (Fsp3) is 0.0667. The SMILES string of the molecule is C(=Cc1cscn1)c1ccccc1.COC=CC(=O)O. The Morgan fingerprint density at radius 2 is 2.05 bits per heavy atom. The average Bonchev–Trinajstić information content (AvgIpc) is 2.98. The van der Waals surface area contributed by atoms with Crippen LogP contribution in [0.4, 0.5) is 0 Å². The van der Waals surface area contributed by atoms with E-state index in [-0.39, 0.29) is 0 Å². The highest BCUT2D eigenvalue weighted by atomic mass is 32.1. The van der Waals surface area contributed by atoms with Gasteiger partial charge >= 0.3 is 5.97 Å². The monoisotopic (exact) mass is 289 g/mol. The lowest BCUT2D eigenvalue weighted by molar-refractivity contribution is -0.131. The Labute approximate surface area is 121 Å². The maximum atomic E-state index is 9.59. The van der Waals surface area contributed by atoms with E-state index in [1.54, 1.807) is 11.3 Å². The summed E-state index contributed by atoms with van der Waals surface area (Å²) in [5.41, 5.74) is 4.06. The van der Waals surface area contributed by atoms with Crippen LogP contribution in [0.5, 0.6) is 0 Å². The number of thiazole rings is 1. The molecule has 0 unspecified atom stereocenters. The first-order chi connectivity index (χ1) is 9.72. The van der Waals surface area contributed by atoms with Gasteiger partial charge in [-0.25, -0.2) is 9.78 Å². The van der Waals surface area contributed by atoms with Gasteiger partial charge in [0.1, 0.15) is 0 Å². The highest BCUT2D eigenvalue weighted by Crippen LogP contribution is 2.07. The summed E-state index contributed by atoms with van der Waals surface area (Å²) in [5, 5.41) is 9.91. The van der Waals surface area contributed by atoms with Crippen molar-refractivity contribution < 1.29 is 14.6 Å².